The molecule has 2 aromatic carbocycles. The van der Waals surface area contributed by atoms with Crippen LogP contribution in [0.4, 0.5) is 5.69 Å². The molecule has 1 amide bonds. The fourth-order valence-electron chi connectivity index (χ4n) is 2.87. The van der Waals surface area contributed by atoms with E-state index in [0.717, 1.165) is 33.8 Å². The van der Waals surface area contributed by atoms with Crippen LogP contribution in [0, 0.1) is 12.3 Å². The molecule has 1 aromatic heterocycles. The third kappa shape index (κ3) is 5.19. The van der Waals surface area contributed by atoms with Gasteiger partial charge in [-0.25, -0.2) is 0 Å². The molecule has 148 valence electrons. The van der Waals surface area contributed by atoms with Gasteiger partial charge in [0.2, 0.25) is 0 Å². The lowest BCUT2D eigenvalue weighted by molar-refractivity contribution is 0.0946. The number of hydrogen-bond donors (Lipinski definition) is 3. The Bertz CT molecular complexity index is 983. The Morgan fingerprint density at radius 3 is 2.52 bits per heavy atom. The first kappa shape index (κ1) is 20.1. The summed E-state index contributed by atoms with van der Waals surface area (Å²) < 4.78 is 5.71. The Morgan fingerprint density at radius 1 is 1.10 bits per heavy atom. The van der Waals surface area contributed by atoms with Gasteiger partial charge in [-0.3, -0.25) is 9.78 Å². The fourth-order valence-corrected chi connectivity index (χ4v) is 2.87. The van der Waals surface area contributed by atoms with Crippen molar-refractivity contribution in [2.75, 3.05) is 25.5 Å². The first-order valence-electron chi connectivity index (χ1n) is 9.37. The minimum absolute atomic E-state index is 0.163. The van der Waals surface area contributed by atoms with Gasteiger partial charge in [0.25, 0.3) is 5.91 Å². The van der Waals surface area contributed by atoms with Crippen LogP contribution in [-0.2, 0) is 0 Å². The Balaban J connectivity index is 1.52. The summed E-state index contributed by atoms with van der Waals surface area (Å²) in [5.74, 6) is 0.572. The smallest absolute Gasteiger partial charge is 0.252 e. The quantitative estimate of drug-likeness (QED) is 0.403. The average Bonchev–Trinajstić information content (AvgIpc) is 2.77. The summed E-state index contributed by atoms with van der Waals surface area (Å²) in [4.78, 5) is 16.2. The van der Waals surface area contributed by atoms with Crippen LogP contribution in [0.2, 0.25) is 0 Å². The zero-order valence-corrected chi connectivity index (χ0v) is 16.5. The predicted octanol–water partition coefficient (Wildman–Crippen LogP) is 3.91. The normalized spacial score (nSPS) is 10.3. The van der Waals surface area contributed by atoms with Crippen LogP contribution in [0.15, 0.2) is 60.8 Å². The van der Waals surface area contributed by atoms with Gasteiger partial charge in [0, 0.05) is 36.4 Å². The molecule has 0 radical (unpaired) electrons. The predicted molar refractivity (Wildman–Crippen MR) is 116 cm³/mol. The number of rotatable bonds is 8. The average molecular weight is 388 g/mol. The first-order valence-corrected chi connectivity index (χ1v) is 9.37. The summed E-state index contributed by atoms with van der Waals surface area (Å²) in [7, 11) is 1.84. The number of ether oxygens (including phenoxy) is 1. The number of anilines is 1. The summed E-state index contributed by atoms with van der Waals surface area (Å²) in [6.45, 7) is 2.66. The van der Waals surface area contributed by atoms with Crippen molar-refractivity contribution in [3.63, 3.8) is 0 Å². The number of nitrogens with zero attached hydrogens (tertiary/aromatic N) is 1. The van der Waals surface area contributed by atoms with Crippen LogP contribution >= 0.6 is 0 Å². The molecule has 29 heavy (non-hydrogen) atoms. The lowest BCUT2D eigenvalue weighted by atomic mass is 10.0. The SMILES string of the molecule is CNc1ccc(-c2ccc(OCCNC(=O)c3ccc(C)nc3)cc2)cc1C=N. The zero-order valence-electron chi connectivity index (χ0n) is 16.5. The van der Waals surface area contributed by atoms with Gasteiger partial charge in [0.1, 0.15) is 12.4 Å². The number of hydrogen-bond acceptors (Lipinski definition) is 5. The maximum absolute atomic E-state index is 12.0. The molecule has 3 N–H and O–H groups in total. The Kier molecular flexibility index (Phi) is 6.58. The van der Waals surface area contributed by atoms with Crippen LogP contribution in [-0.4, -0.2) is 37.3 Å². The van der Waals surface area contributed by atoms with Gasteiger partial charge in [-0.15, -0.1) is 0 Å². The zero-order chi connectivity index (χ0) is 20.6. The van der Waals surface area contributed by atoms with Crippen molar-refractivity contribution < 1.29 is 9.53 Å². The molecule has 0 spiro atoms. The number of benzene rings is 2. The lowest BCUT2D eigenvalue weighted by Crippen LogP contribution is -2.28. The van der Waals surface area contributed by atoms with E-state index in [9.17, 15) is 4.79 Å². The Labute approximate surface area is 170 Å². The van der Waals surface area contributed by atoms with E-state index in [2.05, 4.69) is 15.6 Å². The van der Waals surface area contributed by atoms with E-state index in [-0.39, 0.29) is 5.91 Å². The minimum Gasteiger partial charge on any atom is -0.492 e. The molecule has 1 heterocycles. The van der Waals surface area contributed by atoms with Crippen molar-refractivity contribution in [1.29, 1.82) is 5.41 Å². The highest BCUT2D eigenvalue weighted by Gasteiger charge is 2.06. The molecule has 6 nitrogen and oxygen atoms in total. The van der Waals surface area contributed by atoms with Gasteiger partial charge < -0.3 is 20.8 Å². The van der Waals surface area contributed by atoms with E-state index in [1.54, 1.807) is 12.3 Å². The van der Waals surface area contributed by atoms with Gasteiger partial charge in [-0.1, -0.05) is 18.2 Å². The molecule has 0 aliphatic heterocycles. The number of aryl methyl sites for hydroxylation is 1. The van der Waals surface area contributed by atoms with E-state index in [0.29, 0.717) is 18.7 Å². The molecule has 0 saturated heterocycles. The Hall–Kier alpha value is -3.67. The van der Waals surface area contributed by atoms with Crippen LogP contribution in [0.25, 0.3) is 11.1 Å². The monoisotopic (exact) mass is 388 g/mol. The second-order valence-electron chi connectivity index (χ2n) is 6.51. The van der Waals surface area contributed by atoms with Crippen molar-refractivity contribution in [1.82, 2.24) is 10.3 Å². The number of carbonyl (C=O) groups excluding carboxylic acids is 1. The maximum Gasteiger partial charge on any atom is 0.252 e. The number of nitrogens with one attached hydrogen (secondary N) is 3. The van der Waals surface area contributed by atoms with Crippen molar-refractivity contribution in [2.24, 2.45) is 0 Å². The number of pyridine rings is 1. The van der Waals surface area contributed by atoms with Gasteiger partial charge >= 0.3 is 0 Å². The summed E-state index contributed by atoms with van der Waals surface area (Å²) in [5.41, 5.74) is 5.25. The highest BCUT2D eigenvalue weighted by molar-refractivity contribution is 5.93. The van der Waals surface area contributed by atoms with Crippen molar-refractivity contribution >= 4 is 17.8 Å². The van der Waals surface area contributed by atoms with E-state index in [4.69, 9.17) is 10.1 Å². The molecule has 0 bridgehead atoms. The molecule has 0 fully saturated rings. The molecule has 0 saturated carbocycles. The van der Waals surface area contributed by atoms with Crippen molar-refractivity contribution in [2.45, 2.75) is 6.92 Å². The highest BCUT2D eigenvalue weighted by Crippen LogP contribution is 2.26. The van der Waals surface area contributed by atoms with Crippen LogP contribution in [0.1, 0.15) is 21.6 Å². The van der Waals surface area contributed by atoms with Crippen molar-refractivity contribution in [3.05, 3.63) is 77.6 Å². The molecule has 3 rings (SSSR count). The summed E-state index contributed by atoms with van der Waals surface area (Å²) in [6.07, 6.45) is 2.91. The highest BCUT2D eigenvalue weighted by atomic mass is 16.5. The summed E-state index contributed by atoms with van der Waals surface area (Å²) >= 11 is 0. The standard InChI is InChI=1S/C23H24N4O2/c1-16-3-4-19(15-27-16)23(28)26-11-12-29-21-8-5-17(6-9-21)18-7-10-22(25-2)20(13-18)14-24/h3-10,13-15,24-25H,11-12H2,1-2H3,(H,26,28). The molecule has 3 aromatic rings. The number of carbonyl (C=O) groups is 1. The summed E-state index contributed by atoms with van der Waals surface area (Å²) in [5, 5.41) is 13.4. The fraction of sp³-hybridized carbons (Fsp3) is 0.174. The van der Waals surface area contributed by atoms with E-state index in [1.165, 1.54) is 6.21 Å². The molecular weight excluding hydrogens is 364 g/mol. The minimum atomic E-state index is -0.163. The Morgan fingerprint density at radius 2 is 1.86 bits per heavy atom. The second-order valence-corrected chi connectivity index (χ2v) is 6.51. The van der Waals surface area contributed by atoms with Crippen LogP contribution < -0.4 is 15.4 Å². The van der Waals surface area contributed by atoms with Crippen LogP contribution in [0.5, 0.6) is 5.75 Å². The van der Waals surface area contributed by atoms with Gasteiger partial charge in [0.15, 0.2) is 0 Å². The summed E-state index contributed by atoms with van der Waals surface area (Å²) in [6, 6.07) is 17.3. The number of amides is 1. The van der Waals surface area contributed by atoms with E-state index >= 15 is 0 Å². The van der Waals surface area contributed by atoms with E-state index < -0.39 is 0 Å². The third-order valence-corrected chi connectivity index (χ3v) is 4.49. The van der Waals surface area contributed by atoms with Gasteiger partial charge in [-0.05, 0) is 54.4 Å². The topological polar surface area (TPSA) is 87.1 Å². The molecular formula is C23H24N4O2. The largest absolute Gasteiger partial charge is 0.492 e. The van der Waals surface area contributed by atoms with Gasteiger partial charge in [-0.2, -0.15) is 0 Å². The molecule has 6 heteroatoms. The first-order chi connectivity index (χ1) is 14.1. The third-order valence-electron chi connectivity index (χ3n) is 4.49. The molecule has 0 unspecified atom stereocenters. The maximum atomic E-state index is 12.0. The molecule has 0 aliphatic carbocycles. The van der Waals surface area contributed by atoms with E-state index in [1.807, 2.05) is 62.5 Å². The van der Waals surface area contributed by atoms with Gasteiger partial charge in [0.05, 0.1) is 12.1 Å². The molecule has 0 aliphatic rings. The lowest BCUT2D eigenvalue weighted by Gasteiger charge is -2.10. The van der Waals surface area contributed by atoms with Crippen LogP contribution in [0.3, 0.4) is 0 Å². The number of aromatic nitrogens is 1. The van der Waals surface area contributed by atoms with Crippen molar-refractivity contribution in [3.8, 4) is 16.9 Å². The molecule has 0 atom stereocenters. The second kappa shape index (κ2) is 9.50.